The fraction of sp³-hybridized carbons (Fsp3) is 0.619. The maximum Gasteiger partial charge on any atom is 0.326 e. The summed E-state index contributed by atoms with van der Waals surface area (Å²) in [4.78, 5) is 114. The Hall–Kier alpha value is -6.25. The molecule has 1 rings (SSSR count). The molecule has 0 heterocycles. The van der Waals surface area contributed by atoms with Gasteiger partial charge in [-0.25, -0.2) is 4.79 Å². The molecule has 68 heavy (non-hydrogen) atoms. The van der Waals surface area contributed by atoms with Gasteiger partial charge < -0.3 is 81.2 Å². The van der Waals surface area contributed by atoms with Crippen LogP contribution in [0, 0.1) is 5.92 Å². The number of benzene rings is 1. The summed E-state index contributed by atoms with van der Waals surface area (Å²) in [6.07, 6.45) is 0.842. The summed E-state index contributed by atoms with van der Waals surface area (Å²) >= 11 is 1.40. The van der Waals surface area contributed by atoms with Crippen LogP contribution in [-0.2, 0) is 44.8 Å². The van der Waals surface area contributed by atoms with E-state index in [2.05, 4.69) is 47.2 Å². The van der Waals surface area contributed by atoms with E-state index in [9.17, 15) is 53.7 Å². The summed E-state index contributed by atoms with van der Waals surface area (Å²) in [6.45, 7) is 5.37. The number of thioether (sulfide) groups is 1. The van der Waals surface area contributed by atoms with Crippen LogP contribution in [-0.4, -0.2) is 161 Å². The second-order valence-electron chi connectivity index (χ2n) is 16.4. The van der Waals surface area contributed by atoms with Crippen molar-refractivity contribution in [3.8, 4) is 0 Å². The van der Waals surface area contributed by atoms with Crippen molar-refractivity contribution in [3.63, 3.8) is 0 Å². The van der Waals surface area contributed by atoms with Crippen LogP contribution < -0.4 is 65.9 Å². The van der Waals surface area contributed by atoms with Crippen molar-refractivity contribution in [1.29, 1.82) is 0 Å². The summed E-state index contributed by atoms with van der Waals surface area (Å²) in [7, 11) is 0. The number of aliphatic carboxylic acids is 1. The minimum atomic E-state index is -1.71. The molecule has 0 aliphatic heterocycles. The number of nitrogens with one attached hydrogen (secondary N) is 7. The number of carboxylic acid groups (broad SMARTS) is 1. The van der Waals surface area contributed by atoms with Crippen LogP contribution in [0.2, 0.25) is 0 Å². The third kappa shape index (κ3) is 23.5. The number of aliphatic imine (C=N–C) groups is 2. The molecular weight excluding hydrogens is 909 g/mol. The lowest BCUT2D eigenvalue weighted by Gasteiger charge is -2.28. The Bertz CT molecular complexity index is 1870. The number of carbonyl (C=O) groups excluding carboxylic acids is 7. The SMILES string of the molecule is CSCC[C@H](NC(=O)[C@H](C)NC(=O)[C@H](CC(C)C)NC(=O)[C@H](CCCN=C(N)N)NC(=O)[C@H](CO)NC(=O)[C@H](Cc1ccccc1)NC(=O)[C@@H](NC(=O)[C@@H](N)CCCN=C(N)N)[C@@H](C)O)C(=O)O. The lowest BCUT2D eigenvalue weighted by atomic mass is 10.0. The van der Waals surface area contributed by atoms with E-state index in [0.29, 0.717) is 17.7 Å². The van der Waals surface area contributed by atoms with Gasteiger partial charge in [-0.15, -0.1) is 0 Å². The van der Waals surface area contributed by atoms with Gasteiger partial charge in [0.2, 0.25) is 41.4 Å². The van der Waals surface area contributed by atoms with Gasteiger partial charge in [-0.3, -0.25) is 43.5 Å². The Morgan fingerprint density at radius 2 is 1.12 bits per heavy atom. The largest absolute Gasteiger partial charge is 0.480 e. The van der Waals surface area contributed by atoms with E-state index in [0.717, 1.165) is 0 Å². The summed E-state index contributed by atoms with van der Waals surface area (Å²) in [5.41, 5.74) is 28.1. The van der Waals surface area contributed by atoms with Gasteiger partial charge in [-0.2, -0.15) is 11.8 Å². The highest BCUT2D eigenvalue weighted by molar-refractivity contribution is 7.98. The summed E-state index contributed by atoms with van der Waals surface area (Å²) in [5.74, 6) is -7.51. The van der Waals surface area contributed by atoms with Crippen LogP contribution in [0.15, 0.2) is 40.3 Å². The third-order valence-corrected chi connectivity index (χ3v) is 10.6. The number of hydrogen-bond donors (Lipinski definition) is 15. The molecule has 1 aromatic carbocycles. The molecule has 0 radical (unpaired) electrons. The predicted octanol–water partition coefficient (Wildman–Crippen LogP) is -4.67. The van der Waals surface area contributed by atoms with Crippen molar-refractivity contribution in [2.75, 3.05) is 31.7 Å². The van der Waals surface area contributed by atoms with E-state index >= 15 is 0 Å². The highest BCUT2D eigenvalue weighted by Crippen LogP contribution is 2.10. The second kappa shape index (κ2) is 31.7. The highest BCUT2D eigenvalue weighted by atomic mass is 32.2. The van der Waals surface area contributed by atoms with Crippen molar-refractivity contribution in [2.45, 2.75) is 127 Å². The third-order valence-electron chi connectivity index (χ3n) is 9.99. The molecule has 0 unspecified atom stereocenters. The van der Waals surface area contributed by atoms with Crippen molar-refractivity contribution in [2.24, 2.45) is 44.6 Å². The fourth-order valence-corrected chi connectivity index (χ4v) is 6.76. The number of aliphatic hydroxyl groups excluding tert-OH is 2. The quantitative estimate of drug-likeness (QED) is 0.0183. The van der Waals surface area contributed by atoms with Crippen LogP contribution >= 0.6 is 11.8 Å². The number of hydrogen-bond acceptors (Lipinski definition) is 14. The van der Waals surface area contributed by atoms with E-state index in [-0.39, 0.29) is 69.5 Å². The van der Waals surface area contributed by atoms with Crippen molar-refractivity contribution < 1.29 is 53.7 Å². The molecule has 9 atom stereocenters. The molecule has 7 amide bonds. The molecular formula is C42H72N14O11S. The first-order chi connectivity index (χ1) is 32.0. The minimum Gasteiger partial charge on any atom is -0.480 e. The van der Waals surface area contributed by atoms with Gasteiger partial charge in [0, 0.05) is 19.5 Å². The number of aliphatic hydroxyl groups is 2. The van der Waals surface area contributed by atoms with E-state index in [1.54, 1.807) is 50.4 Å². The number of carbonyl (C=O) groups is 8. The Morgan fingerprint density at radius 1 is 0.618 bits per heavy atom. The Balaban J connectivity index is 3.35. The zero-order chi connectivity index (χ0) is 51.5. The van der Waals surface area contributed by atoms with E-state index < -0.39 is 108 Å². The van der Waals surface area contributed by atoms with Gasteiger partial charge in [0.05, 0.1) is 18.8 Å². The number of guanidine groups is 2. The zero-order valence-corrected chi connectivity index (χ0v) is 40.1. The Morgan fingerprint density at radius 3 is 1.65 bits per heavy atom. The molecule has 0 aliphatic rings. The van der Waals surface area contributed by atoms with E-state index in [1.165, 1.54) is 25.6 Å². The lowest BCUT2D eigenvalue weighted by Crippen LogP contribution is -2.62. The maximum absolute atomic E-state index is 13.9. The number of rotatable bonds is 32. The van der Waals surface area contributed by atoms with Crippen molar-refractivity contribution >= 4 is 71.0 Å². The van der Waals surface area contributed by atoms with Crippen LogP contribution in [0.4, 0.5) is 0 Å². The van der Waals surface area contributed by atoms with Crippen LogP contribution in [0.3, 0.4) is 0 Å². The number of nitrogens with two attached hydrogens (primary N) is 5. The Kier molecular flexibility index (Phi) is 27.8. The average Bonchev–Trinajstić information content (AvgIpc) is 3.27. The standard InChI is InChI=1S/C42H72N14O11S/c1-22(2)19-29(36(62)50-23(3)33(59)52-28(40(66)67)15-18-68-5)53-35(61)27(14-10-17-49-42(46)47)51-38(64)31(21-57)55-37(63)30(20-25-11-7-6-8-12-25)54-39(65)32(24(4)58)56-34(60)26(43)13-9-16-48-41(44)45/h6-8,11-12,22-24,26-32,57-58H,9-10,13-21,43H2,1-5H3,(H,50,62)(H,51,64)(H,52,59)(H,53,61)(H,54,65)(H,55,63)(H,56,60)(H,66,67)(H4,44,45,48)(H4,46,47,49)/t23-,24+,26-,27-,28-,29-,30-,31-,32-/m0/s1. The molecule has 0 fully saturated rings. The molecule has 25 nitrogen and oxygen atoms in total. The van der Waals surface area contributed by atoms with Crippen LogP contribution in [0.1, 0.15) is 71.8 Å². The zero-order valence-electron chi connectivity index (χ0n) is 39.2. The smallest absolute Gasteiger partial charge is 0.326 e. The van der Waals surface area contributed by atoms with E-state index in [1.807, 2.05) is 0 Å². The van der Waals surface area contributed by atoms with Crippen LogP contribution in [0.25, 0.3) is 0 Å². The maximum atomic E-state index is 13.9. The molecule has 20 N–H and O–H groups in total. The van der Waals surface area contributed by atoms with Crippen LogP contribution in [0.5, 0.6) is 0 Å². The monoisotopic (exact) mass is 981 g/mol. The molecule has 0 saturated heterocycles. The normalized spacial score (nSPS) is 15.0. The number of amides is 7. The van der Waals surface area contributed by atoms with Crippen molar-refractivity contribution in [1.82, 2.24) is 37.2 Å². The lowest BCUT2D eigenvalue weighted by molar-refractivity contribution is -0.142. The summed E-state index contributed by atoms with van der Waals surface area (Å²) in [5, 5.41) is 47.7. The molecule has 0 spiro atoms. The summed E-state index contributed by atoms with van der Waals surface area (Å²) < 4.78 is 0. The fourth-order valence-electron chi connectivity index (χ4n) is 6.29. The average molecular weight is 981 g/mol. The topological polar surface area (TPSA) is 436 Å². The van der Waals surface area contributed by atoms with Crippen molar-refractivity contribution in [3.05, 3.63) is 35.9 Å². The first-order valence-electron chi connectivity index (χ1n) is 22.0. The molecule has 382 valence electrons. The summed E-state index contributed by atoms with van der Waals surface area (Å²) in [6, 6.07) is -2.54. The Labute approximate surface area is 400 Å². The minimum absolute atomic E-state index is 0.0269. The molecule has 0 bridgehead atoms. The first kappa shape index (κ1) is 59.8. The van der Waals surface area contributed by atoms with Gasteiger partial charge in [-0.05, 0) is 75.9 Å². The molecule has 1 aromatic rings. The molecule has 0 aromatic heterocycles. The second-order valence-corrected chi connectivity index (χ2v) is 17.4. The number of nitrogens with zero attached hydrogens (tertiary/aromatic N) is 2. The van der Waals surface area contributed by atoms with Gasteiger partial charge >= 0.3 is 5.97 Å². The molecule has 0 aliphatic carbocycles. The molecule has 26 heteroatoms. The van der Waals surface area contributed by atoms with Gasteiger partial charge in [0.1, 0.15) is 42.3 Å². The molecule has 0 saturated carbocycles. The number of carboxylic acids is 1. The highest BCUT2D eigenvalue weighted by Gasteiger charge is 2.35. The first-order valence-corrected chi connectivity index (χ1v) is 23.4. The van der Waals surface area contributed by atoms with E-state index in [4.69, 9.17) is 28.7 Å². The van der Waals surface area contributed by atoms with Gasteiger partial charge in [0.25, 0.3) is 0 Å². The van der Waals surface area contributed by atoms with Gasteiger partial charge in [0.15, 0.2) is 11.9 Å². The van der Waals surface area contributed by atoms with Gasteiger partial charge in [-0.1, -0.05) is 44.2 Å². The predicted molar refractivity (Wildman–Crippen MR) is 256 cm³/mol.